The van der Waals surface area contributed by atoms with Crippen LogP contribution in [0.4, 0.5) is 10.5 Å². The van der Waals surface area contributed by atoms with Crippen molar-refractivity contribution in [3.8, 4) is 11.5 Å². The van der Waals surface area contributed by atoms with Crippen molar-refractivity contribution in [1.29, 1.82) is 0 Å². The van der Waals surface area contributed by atoms with Crippen molar-refractivity contribution in [2.24, 2.45) is 0 Å². The Kier molecular flexibility index (Phi) is 16.8. The van der Waals surface area contributed by atoms with Crippen molar-refractivity contribution in [3.63, 3.8) is 0 Å². The van der Waals surface area contributed by atoms with Gasteiger partial charge in [0.2, 0.25) is 6.41 Å². The van der Waals surface area contributed by atoms with Crippen LogP contribution in [0.1, 0.15) is 25.8 Å². The molecule has 40 heavy (non-hydrogen) atoms. The zero-order chi connectivity index (χ0) is 29.8. The molecule has 0 bridgehead atoms. The molecule has 0 spiro atoms. The first-order valence-corrected chi connectivity index (χ1v) is 13.6. The quantitative estimate of drug-likeness (QED) is 0.0801. The van der Waals surface area contributed by atoms with Gasteiger partial charge >= 0.3 is 6.03 Å². The minimum Gasteiger partial charge on any atom is -0.497 e. The van der Waals surface area contributed by atoms with Crippen LogP contribution in [-0.4, -0.2) is 39.2 Å². The summed E-state index contributed by atoms with van der Waals surface area (Å²) in [6.45, 7) is 15.8. The molecule has 3 amide bonds. The Balaban J connectivity index is 0.000000552. The fourth-order valence-corrected chi connectivity index (χ4v) is 3.92. The van der Waals surface area contributed by atoms with Gasteiger partial charge in [0.05, 0.1) is 13.7 Å². The molecular formula is C32H41N3O4S. The number of carbonyl (C=O) groups excluding carboxylic acids is 2. The number of hydrogen-bond acceptors (Lipinski definition) is 5. The first-order valence-electron chi connectivity index (χ1n) is 12.8. The lowest BCUT2D eigenvalue weighted by Crippen LogP contribution is -2.39. The van der Waals surface area contributed by atoms with Gasteiger partial charge in [-0.2, -0.15) is 0 Å². The molecule has 0 fully saturated rings. The number of nitrogens with zero attached hydrogens (tertiary/aromatic N) is 1. The second kappa shape index (κ2) is 19.8. The predicted molar refractivity (Wildman–Crippen MR) is 169 cm³/mol. The van der Waals surface area contributed by atoms with Crippen LogP contribution in [0.25, 0.3) is 0 Å². The summed E-state index contributed by atoms with van der Waals surface area (Å²) in [6, 6.07) is 14.9. The van der Waals surface area contributed by atoms with Crippen LogP contribution < -0.4 is 24.4 Å². The lowest BCUT2D eigenvalue weighted by Gasteiger charge is -2.15. The van der Waals surface area contributed by atoms with Gasteiger partial charge in [0.25, 0.3) is 0 Å². The van der Waals surface area contributed by atoms with E-state index in [1.54, 1.807) is 26.3 Å². The third-order valence-corrected chi connectivity index (χ3v) is 6.25. The highest BCUT2D eigenvalue weighted by Gasteiger charge is 2.10. The molecule has 1 unspecified atom stereocenters. The Morgan fingerprint density at radius 3 is 2.40 bits per heavy atom. The number of benzene rings is 2. The minimum atomic E-state index is -0.251. The van der Waals surface area contributed by atoms with Gasteiger partial charge in [-0.15, -0.1) is 6.58 Å². The maximum atomic E-state index is 12.2. The third kappa shape index (κ3) is 13.1. The van der Waals surface area contributed by atoms with Gasteiger partial charge in [-0.1, -0.05) is 55.7 Å². The van der Waals surface area contributed by atoms with E-state index in [1.807, 2.05) is 80.6 Å². The van der Waals surface area contributed by atoms with Crippen LogP contribution in [0.3, 0.4) is 0 Å². The van der Waals surface area contributed by atoms with Crippen LogP contribution in [-0.2, 0) is 11.2 Å². The molecule has 0 aliphatic carbocycles. The summed E-state index contributed by atoms with van der Waals surface area (Å²) < 4.78 is 13.4. The lowest BCUT2D eigenvalue weighted by molar-refractivity contribution is -0.107. The van der Waals surface area contributed by atoms with Crippen molar-refractivity contribution in [3.05, 3.63) is 115 Å². The Hall–Kier alpha value is -4.17. The normalized spacial score (nSPS) is 11.6. The summed E-state index contributed by atoms with van der Waals surface area (Å²) in [7, 11) is 3.31. The molecule has 0 saturated heterocycles. The molecule has 0 aliphatic rings. The van der Waals surface area contributed by atoms with Gasteiger partial charge < -0.3 is 19.7 Å². The van der Waals surface area contributed by atoms with E-state index in [9.17, 15) is 9.59 Å². The van der Waals surface area contributed by atoms with E-state index in [2.05, 4.69) is 29.8 Å². The van der Waals surface area contributed by atoms with E-state index >= 15 is 0 Å². The molecule has 0 aliphatic heterocycles. The fraction of sp³-hybridized carbons (Fsp3) is 0.250. The Bertz CT molecular complexity index is 1160. The Labute approximate surface area is 243 Å². The summed E-state index contributed by atoms with van der Waals surface area (Å²) in [5.74, 6) is 1.62. The molecule has 8 heteroatoms. The first kappa shape index (κ1) is 33.9. The summed E-state index contributed by atoms with van der Waals surface area (Å²) in [4.78, 5) is 24.9. The van der Waals surface area contributed by atoms with Crippen molar-refractivity contribution >= 4 is 30.1 Å². The zero-order valence-corrected chi connectivity index (χ0v) is 24.7. The zero-order valence-electron chi connectivity index (χ0n) is 23.9. The van der Waals surface area contributed by atoms with Gasteiger partial charge in [-0.05, 0) is 86.2 Å². The number of methoxy groups -OCH3 is 1. The van der Waals surface area contributed by atoms with E-state index < -0.39 is 0 Å². The third-order valence-electron chi connectivity index (χ3n) is 5.34. The van der Waals surface area contributed by atoms with Gasteiger partial charge in [-0.3, -0.25) is 9.52 Å². The highest BCUT2D eigenvalue weighted by molar-refractivity contribution is 8.02. The van der Waals surface area contributed by atoms with Gasteiger partial charge in [0.15, 0.2) is 0 Å². The number of amides is 3. The SMILES string of the molecule is C=CCCOc1cccc(CC(C)NC(=O)NS/C(C=C)=C(C=C)/C=C\C)c1.COc1ccc(N(C)C=O)cc1. The maximum absolute atomic E-state index is 12.2. The molecule has 2 aromatic carbocycles. The number of allylic oxidation sites excluding steroid dienone is 5. The number of nitrogens with one attached hydrogen (secondary N) is 2. The number of hydrogen-bond donors (Lipinski definition) is 2. The van der Waals surface area contributed by atoms with Crippen LogP contribution in [0, 0.1) is 0 Å². The smallest absolute Gasteiger partial charge is 0.325 e. The molecule has 7 nitrogen and oxygen atoms in total. The van der Waals surface area contributed by atoms with Crippen LogP contribution in [0.5, 0.6) is 11.5 Å². The molecule has 2 aromatic rings. The Morgan fingerprint density at radius 2 is 1.82 bits per heavy atom. The lowest BCUT2D eigenvalue weighted by atomic mass is 10.1. The van der Waals surface area contributed by atoms with E-state index in [-0.39, 0.29) is 12.1 Å². The second-order valence-electron chi connectivity index (χ2n) is 8.50. The van der Waals surface area contributed by atoms with Crippen LogP contribution in [0.15, 0.2) is 109 Å². The van der Waals surface area contributed by atoms with Gasteiger partial charge in [0, 0.05) is 23.7 Å². The van der Waals surface area contributed by atoms with Crippen molar-refractivity contribution in [2.45, 2.75) is 32.7 Å². The van der Waals surface area contributed by atoms with Crippen molar-refractivity contribution < 1.29 is 19.1 Å². The molecule has 0 heterocycles. The highest BCUT2D eigenvalue weighted by atomic mass is 32.2. The van der Waals surface area contributed by atoms with E-state index in [1.165, 1.54) is 16.8 Å². The molecule has 0 radical (unpaired) electrons. The summed E-state index contributed by atoms with van der Waals surface area (Å²) in [6.07, 6.45) is 11.4. The molecule has 214 valence electrons. The van der Waals surface area contributed by atoms with E-state index in [4.69, 9.17) is 9.47 Å². The number of carbonyl (C=O) groups is 2. The van der Waals surface area contributed by atoms with Crippen molar-refractivity contribution in [1.82, 2.24) is 10.0 Å². The van der Waals surface area contributed by atoms with Gasteiger partial charge in [0.1, 0.15) is 11.5 Å². The van der Waals surface area contributed by atoms with E-state index in [0.29, 0.717) is 13.0 Å². The predicted octanol–water partition coefficient (Wildman–Crippen LogP) is 7.01. The standard InChI is InChI=1S/C23H30N2O2S.C9H11NO2/c1-6-10-15-27-21-14-11-13-19(17-21)16-18(5)24-23(26)25-28-22(9-4)20(8-3)12-7-2;1-10(7-11)8-3-5-9(12-2)6-4-8/h6-9,11-14,17-18H,1,3-4,10,15-16H2,2,5H3,(H2,24,25,26);3-7H,1-2H3/b12-7-,22-20+;. The minimum absolute atomic E-state index is 0.0328. The molecule has 1 atom stereocenters. The highest BCUT2D eigenvalue weighted by Crippen LogP contribution is 2.20. The fourth-order valence-electron chi connectivity index (χ4n) is 3.31. The monoisotopic (exact) mass is 563 g/mol. The number of ether oxygens (including phenoxy) is 2. The summed E-state index contributed by atoms with van der Waals surface area (Å²) in [5, 5.41) is 2.94. The number of rotatable bonds is 15. The molecule has 2 rings (SSSR count). The second-order valence-corrected chi connectivity index (χ2v) is 9.35. The van der Waals surface area contributed by atoms with Crippen LogP contribution >= 0.6 is 11.9 Å². The van der Waals surface area contributed by atoms with Crippen molar-refractivity contribution in [2.75, 3.05) is 25.7 Å². The van der Waals surface area contributed by atoms with Crippen LogP contribution in [0.2, 0.25) is 0 Å². The number of urea groups is 1. The largest absolute Gasteiger partial charge is 0.497 e. The Morgan fingerprint density at radius 1 is 1.10 bits per heavy atom. The average Bonchev–Trinajstić information content (AvgIpc) is 2.97. The molecular weight excluding hydrogens is 522 g/mol. The van der Waals surface area contributed by atoms with E-state index in [0.717, 1.165) is 46.1 Å². The maximum Gasteiger partial charge on any atom is 0.325 e. The topological polar surface area (TPSA) is 79.9 Å². The number of anilines is 1. The molecule has 0 aromatic heterocycles. The average molecular weight is 564 g/mol. The molecule has 2 N–H and O–H groups in total. The van der Waals surface area contributed by atoms with Gasteiger partial charge in [-0.25, -0.2) is 4.79 Å². The molecule has 0 saturated carbocycles. The first-order chi connectivity index (χ1) is 19.3. The summed E-state index contributed by atoms with van der Waals surface area (Å²) in [5.41, 5.74) is 2.86. The summed E-state index contributed by atoms with van der Waals surface area (Å²) >= 11 is 1.21.